The number of fused-ring (bicyclic) bond motifs is 1. The molecular weight excluding hydrogens is 514 g/mol. The van der Waals surface area contributed by atoms with Crippen molar-refractivity contribution < 1.29 is 4.79 Å². The summed E-state index contributed by atoms with van der Waals surface area (Å²) in [5.74, 6) is 1.59. The lowest BCUT2D eigenvalue weighted by Gasteiger charge is -2.34. The molecule has 2 saturated heterocycles. The van der Waals surface area contributed by atoms with Crippen molar-refractivity contribution in [1.82, 2.24) is 35.1 Å². The molecule has 0 atom stereocenters. The molecular formula is C28H32ClN9O. The van der Waals surface area contributed by atoms with Gasteiger partial charge in [-0.05, 0) is 36.9 Å². The average Bonchev–Trinajstić information content (AvgIpc) is 3.41. The van der Waals surface area contributed by atoms with Gasteiger partial charge in [-0.25, -0.2) is 9.97 Å². The minimum Gasteiger partial charge on any atom is -0.354 e. The number of carbonyl (C=O) groups is 1. The van der Waals surface area contributed by atoms with Gasteiger partial charge in [-0.2, -0.15) is 9.61 Å². The second-order valence-electron chi connectivity index (χ2n) is 10.0. The van der Waals surface area contributed by atoms with E-state index in [0.717, 1.165) is 80.7 Å². The van der Waals surface area contributed by atoms with Crippen molar-refractivity contribution in [3.05, 3.63) is 71.1 Å². The first kappa shape index (κ1) is 25.5. The van der Waals surface area contributed by atoms with E-state index in [4.69, 9.17) is 26.7 Å². The molecule has 11 heteroatoms. The normalized spacial score (nSPS) is 16.6. The van der Waals surface area contributed by atoms with Gasteiger partial charge in [0.05, 0.1) is 6.20 Å². The number of anilines is 2. The number of carbonyl (C=O) groups excluding carboxylic acids is 1. The topological polar surface area (TPSA) is 93.9 Å². The number of piperazine rings is 2. The van der Waals surface area contributed by atoms with Gasteiger partial charge in [-0.1, -0.05) is 23.7 Å². The quantitative estimate of drug-likeness (QED) is 0.382. The van der Waals surface area contributed by atoms with Crippen LogP contribution in [0.4, 0.5) is 11.6 Å². The van der Waals surface area contributed by atoms with Crippen molar-refractivity contribution in [2.45, 2.75) is 6.54 Å². The summed E-state index contributed by atoms with van der Waals surface area (Å²) in [4.78, 5) is 29.7. The average molecular weight is 546 g/mol. The smallest absolute Gasteiger partial charge is 0.270 e. The molecule has 2 fully saturated rings. The van der Waals surface area contributed by atoms with Crippen LogP contribution < -0.4 is 20.4 Å². The number of hydrogen-bond donors (Lipinski definition) is 2. The molecule has 1 aromatic carbocycles. The summed E-state index contributed by atoms with van der Waals surface area (Å²) in [6.45, 7) is 7.74. The number of aromatic nitrogens is 4. The number of halogens is 1. The molecule has 0 unspecified atom stereocenters. The second-order valence-corrected chi connectivity index (χ2v) is 10.5. The van der Waals surface area contributed by atoms with Crippen molar-refractivity contribution >= 4 is 34.8 Å². The van der Waals surface area contributed by atoms with E-state index >= 15 is 0 Å². The van der Waals surface area contributed by atoms with Gasteiger partial charge >= 0.3 is 0 Å². The van der Waals surface area contributed by atoms with Crippen LogP contribution in [-0.2, 0) is 6.54 Å². The number of hydrogen-bond acceptors (Lipinski definition) is 8. The molecule has 39 heavy (non-hydrogen) atoms. The highest BCUT2D eigenvalue weighted by Crippen LogP contribution is 2.28. The zero-order valence-corrected chi connectivity index (χ0v) is 22.7. The van der Waals surface area contributed by atoms with Crippen LogP contribution in [0.2, 0.25) is 5.02 Å². The summed E-state index contributed by atoms with van der Waals surface area (Å²) in [5, 5.41) is 11.8. The highest BCUT2D eigenvalue weighted by Gasteiger charge is 2.23. The van der Waals surface area contributed by atoms with Gasteiger partial charge in [0.25, 0.3) is 5.91 Å². The first-order chi connectivity index (χ1) is 19.0. The van der Waals surface area contributed by atoms with Gasteiger partial charge in [0.1, 0.15) is 17.3 Å². The van der Waals surface area contributed by atoms with Crippen LogP contribution in [0.15, 0.2) is 54.9 Å². The van der Waals surface area contributed by atoms with Gasteiger partial charge in [0, 0.05) is 87.3 Å². The molecule has 2 aliphatic heterocycles. The third-order valence-electron chi connectivity index (χ3n) is 7.38. The molecule has 5 heterocycles. The molecule has 0 radical (unpaired) electrons. The fourth-order valence-corrected chi connectivity index (χ4v) is 5.16. The second kappa shape index (κ2) is 11.2. The number of pyridine rings is 1. The van der Waals surface area contributed by atoms with Gasteiger partial charge in [0.2, 0.25) is 0 Å². The Morgan fingerprint density at radius 3 is 2.46 bits per heavy atom. The van der Waals surface area contributed by atoms with E-state index < -0.39 is 0 Å². The Hall–Kier alpha value is -3.73. The van der Waals surface area contributed by atoms with E-state index in [1.165, 1.54) is 0 Å². The monoisotopic (exact) mass is 545 g/mol. The fourth-order valence-electron chi connectivity index (χ4n) is 5.03. The molecule has 0 spiro atoms. The summed E-state index contributed by atoms with van der Waals surface area (Å²) >= 11 is 6.01. The van der Waals surface area contributed by atoms with Crippen LogP contribution in [0.1, 0.15) is 16.1 Å². The van der Waals surface area contributed by atoms with Crippen LogP contribution in [0.25, 0.3) is 16.8 Å². The number of benzene rings is 1. The van der Waals surface area contributed by atoms with Crippen molar-refractivity contribution in [3.8, 4) is 11.1 Å². The summed E-state index contributed by atoms with van der Waals surface area (Å²) < 4.78 is 1.85. The molecule has 2 N–H and O–H groups in total. The number of likely N-dealkylation sites (N-methyl/N-ethyl adjacent to an activating group) is 1. The number of rotatable bonds is 6. The van der Waals surface area contributed by atoms with E-state index in [-0.39, 0.29) is 5.91 Å². The van der Waals surface area contributed by atoms with E-state index in [0.29, 0.717) is 22.9 Å². The Kier molecular flexibility index (Phi) is 7.32. The van der Waals surface area contributed by atoms with Crippen LogP contribution >= 0.6 is 11.6 Å². The lowest BCUT2D eigenvalue weighted by molar-refractivity contribution is 0.0946. The maximum atomic E-state index is 13.3. The summed E-state index contributed by atoms with van der Waals surface area (Å²) in [7, 11) is 2.12. The molecule has 0 aliphatic carbocycles. The third-order valence-corrected chi connectivity index (χ3v) is 7.63. The standard InChI is InChI=1S/C28H32ClN9O/c1-35-12-14-37(15-13-35)26-16-24(28(39)32-17-20-2-5-22(29)6-3-20)34-27-23(19-33-38(26)27)21-4-7-25(31-18-21)36-10-8-30-9-11-36/h2-7,16,18-19,30H,8-15,17H2,1H3,(H,32,39). The van der Waals surface area contributed by atoms with Crippen LogP contribution in [0, 0.1) is 0 Å². The molecule has 6 rings (SSSR count). The van der Waals surface area contributed by atoms with Gasteiger partial charge < -0.3 is 25.3 Å². The first-order valence-electron chi connectivity index (χ1n) is 13.3. The molecule has 2 aliphatic rings. The minimum atomic E-state index is -0.234. The number of nitrogens with one attached hydrogen (secondary N) is 2. The van der Waals surface area contributed by atoms with Crippen molar-refractivity contribution in [1.29, 1.82) is 0 Å². The highest BCUT2D eigenvalue weighted by molar-refractivity contribution is 6.30. The molecule has 10 nitrogen and oxygen atoms in total. The lowest BCUT2D eigenvalue weighted by atomic mass is 10.1. The van der Waals surface area contributed by atoms with Crippen LogP contribution in [0.5, 0.6) is 0 Å². The predicted octanol–water partition coefficient (Wildman–Crippen LogP) is 2.54. The maximum Gasteiger partial charge on any atom is 0.270 e. The lowest BCUT2D eigenvalue weighted by Crippen LogP contribution is -2.45. The van der Waals surface area contributed by atoms with Gasteiger partial charge in [0.15, 0.2) is 5.65 Å². The SMILES string of the molecule is CN1CCN(c2cc(C(=O)NCc3ccc(Cl)cc3)nc3c(-c4ccc(N5CCNCC5)nc4)cnn23)CC1. The maximum absolute atomic E-state index is 13.3. The van der Waals surface area contributed by atoms with E-state index in [1.807, 2.05) is 53.3 Å². The Morgan fingerprint density at radius 1 is 0.974 bits per heavy atom. The number of nitrogens with zero attached hydrogens (tertiary/aromatic N) is 7. The fraction of sp³-hybridized carbons (Fsp3) is 0.357. The predicted molar refractivity (Wildman–Crippen MR) is 154 cm³/mol. The summed E-state index contributed by atoms with van der Waals surface area (Å²) in [5.41, 5.74) is 3.72. The Bertz CT molecular complexity index is 1440. The van der Waals surface area contributed by atoms with Crippen LogP contribution in [-0.4, -0.2) is 89.8 Å². The zero-order valence-electron chi connectivity index (χ0n) is 22.0. The molecule has 0 bridgehead atoms. The Morgan fingerprint density at radius 2 is 1.74 bits per heavy atom. The van der Waals surface area contributed by atoms with E-state index in [9.17, 15) is 4.79 Å². The molecule has 3 aromatic heterocycles. The molecule has 1 amide bonds. The largest absolute Gasteiger partial charge is 0.354 e. The molecule has 0 saturated carbocycles. The van der Waals surface area contributed by atoms with Crippen molar-refractivity contribution in [3.63, 3.8) is 0 Å². The van der Waals surface area contributed by atoms with Gasteiger partial charge in [-0.15, -0.1) is 0 Å². The Balaban J connectivity index is 1.33. The van der Waals surface area contributed by atoms with Crippen LogP contribution in [0.3, 0.4) is 0 Å². The summed E-state index contributed by atoms with van der Waals surface area (Å²) in [6, 6.07) is 13.4. The highest BCUT2D eigenvalue weighted by atomic mass is 35.5. The first-order valence-corrected chi connectivity index (χ1v) is 13.7. The van der Waals surface area contributed by atoms with Crippen molar-refractivity contribution in [2.24, 2.45) is 0 Å². The Labute approximate surface area is 232 Å². The van der Waals surface area contributed by atoms with E-state index in [1.54, 1.807) is 0 Å². The molecule has 4 aromatic rings. The van der Waals surface area contributed by atoms with Crippen molar-refractivity contribution in [2.75, 3.05) is 69.2 Å². The third kappa shape index (κ3) is 5.54. The zero-order chi connectivity index (χ0) is 26.8. The number of amides is 1. The minimum absolute atomic E-state index is 0.234. The van der Waals surface area contributed by atoms with E-state index in [2.05, 4.69) is 38.4 Å². The summed E-state index contributed by atoms with van der Waals surface area (Å²) in [6.07, 6.45) is 3.69. The van der Waals surface area contributed by atoms with Gasteiger partial charge in [-0.3, -0.25) is 4.79 Å². The molecule has 202 valence electrons.